The maximum absolute atomic E-state index is 9.70. The molecule has 0 aliphatic rings. The molecule has 100 valence electrons. The number of rotatable bonds is 5. The van der Waals surface area contributed by atoms with E-state index in [0.717, 1.165) is 11.3 Å². The van der Waals surface area contributed by atoms with Crippen molar-refractivity contribution in [2.45, 2.75) is 13.2 Å². The summed E-state index contributed by atoms with van der Waals surface area (Å²) < 4.78 is 5.08. The number of methoxy groups -OCH3 is 1. The molecule has 0 saturated heterocycles. The van der Waals surface area contributed by atoms with Gasteiger partial charge in [-0.3, -0.25) is 0 Å². The molecule has 0 heterocycles. The number of phenols is 2. The van der Waals surface area contributed by atoms with Crippen molar-refractivity contribution in [2.75, 3.05) is 12.4 Å². The lowest BCUT2D eigenvalue weighted by Crippen LogP contribution is -2.00. The van der Waals surface area contributed by atoms with Crippen LogP contribution in [0.25, 0.3) is 0 Å². The number of hydrogen-bond acceptors (Lipinski definition) is 4. The predicted octanol–water partition coefficient (Wildman–Crippen LogP) is 2.86. The van der Waals surface area contributed by atoms with Gasteiger partial charge in [0.15, 0.2) is 11.5 Å². The van der Waals surface area contributed by atoms with Crippen LogP contribution in [0.3, 0.4) is 0 Å². The Morgan fingerprint density at radius 2 is 1.89 bits per heavy atom. The molecule has 0 amide bonds. The molecule has 0 aromatic heterocycles. The molecule has 4 nitrogen and oxygen atoms in total. The quantitative estimate of drug-likeness (QED) is 0.722. The zero-order chi connectivity index (χ0) is 13.7. The highest BCUT2D eigenvalue weighted by molar-refractivity contribution is 5.49. The molecular weight excluding hydrogens is 242 g/mol. The van der Waals surface area contributed by atoms with Crippen molar-refractivity contribution in [3.05, 3.63) is 53.6 Å². The summed E-state index contributed by atoms with van der Waals surface area (Å²) in [6.45, 7) is 1.00. The van der Waals surface area contributed by atoms with Crippen LogP contribution < -0.4 is 5.32 Å². The van der Waals surface area contributed by atoms with Crippen molar-refractivity contribution < 1.29 is 14.9 Å². The third-order valence-electron chi connectivity index (χ3n) is 2.82. The van der Waals surface area contributed by atoms with Crippen LogP contribution in [-0.4, -0.2) is 17.3 Å². The fourth-order valence-electron chi connectivity index (χ4n) is 1.86. The van der Waals surface area contributed by atoms with Gasteiger partial charge in [0.05, 0.1) is 6.61 Å². The zero-order valence-corrected chi connectivity index (χ0v) is 10.8. The van der Waals surface area contributed by atoms with E-state index in [2.05, 4.69) is 5.32 Å². The molecular formula is C15H17NO3. The smallest absolute Gasteiger partial charge is 0.162 e. The van der Waals surface area contributed by atoms with Crippen molar-refractivity contribution in [2.24, 2.45) is 0 Å². The summed E-state index contributed by atoms with van der Waals surface area (Å²) in [6.07, 6.45) is 0. The Bertz CT molecular complexity index is 555. The Labute approximate surface area is 112 Å². The molecule has 0 aliphatic heterocycles. The van der Waals surface area contributed by atoms with Gasteiger partial charge in [-0.2, -0.15) is 0 Å². The number of nitrogens with one attached hydrogen (secondary N) is 1. The summed E-state index contributed by atoms with van der Waals surface area (Å²) in [6, 6.07) is 12.8. The Balaban J connectivity index is 2.06. The maximum Gasteiger partial charge on any atom is 0.162 e. The lowest BCUT2D eigenvalue weighted by molar-refractivity contribution is 0.185. The molecule has 3 N–H and O–H groups in total. The first kappa shape index (κ1) is 13.2. The van der Waals surface area contributed by atoms with Gasteiger partial charge in [-0.1, -0.05) is 24.3 Å². The van der Waals surface area contributed by atoms with Crippen LogP contribution in [0.4, 0.5) is 5.69 Å². The summed E-state index contributed by atoms with van der Waals surface area (Å²) in [7, 11) is 1.66. The van der Waals surface area contributed by atoms with Gasteiger partial charge >= 0.3 is 0 Å². The molecule has 0 fully saturated rings. The van der Waals surface area contributed by atoms with Crippen LogP contribution in [0, 0.1) is 0 Å². The largest absolute Gasteiger partial charge is 0.504 e. The second kappa shape index (κ2) is 6.11. The van der Waals surface area contributed by atoms with Crippen LogP contribution in [0.15, 0.2) is 42.5 Å². The molecule has 0 bridgehead atoms. The fourth-order valence-corrected chi connectivity index (χ4v) is 1.86. The van der Waals surface area contributed by atoms with Crippen LogP contribution in [0.1, 0.15) is 11.1 Å². The molecule has 0 aliphatic carbocycles. The van der Waals surface area contributed by atoms with Gasteiger partial charge in [-0.15, -0.1) is 0 Å². The van der Waals surface area contributed by atoms with Gasteiger partial charge in [0.25, 0.3) is 0 Å². The van der Waals surface area contributed by atoms with Gasteiger partial charge in [0.2, 0.25) is 0 Å². The van der Waals surface area contributed by atoms with Crippen LogP contribution in [0.2, 0.25) is 0 Å². The highest BCUT2D eigenvalue weighted by atomic mass is 16.5. The van der Waals surface area contributed by atoms with E-state index in [4.69, 9.17) is 4.74 Å². The summed E-state index contributed by atoms with van der Waals surface area (Å²) in [4.78, 5) is 0. The predicted molar refractivity (Wildman–Crippen MR) is 74.3 cm³/mol. The summed E-state index contributed by atoms with van der Waals surface area (Å²) in [5, 5.41) is 22.3. The SMILES string of the molecule is COCc1cccc(NCc2cccc(O)c2O)c1. The molecule has 2 rings (SSSR count). The Morgan fingerprint density at radius 3 is 2.68 bits per heavy atom. The molecule has 0 atom stereocenters. The van der Waals surface area contributed by atoms with Gasteiger partial charge in [0.1, 0.15) is 0 Å². The molecule has 2 aromatic rings. The summed E-state index contributed by atoms with van der Waals surface area (Å²) in [5.41, 5.74) is 2.67. The number of phenolic OH excluding ortho intramolecular Hbond substituents is 2. The lowest BCUT2D eigenvalue weighted by Gasteiger charge is -2.10. The Kier molecular flexibility index (Phi) is 4.26. The van der Waals surface area contributed by atoms with Crippen molar-refractivity contribution in [3.8, 4) is 11.5 Å². The van der Waals surface area contributed by atoms with Gasteiger partial charge < -0.3 is 20.3 Å². The molecule has 0 unspecified atom stereocenters. The highest BCUT2D eigenvalue weighted by Gasteiger charge is 2.05. The van der Waals surface area contributed by atoms with E-state index in [9.17, 15) is 10.2 Å². The standard InChI is InChI=1S/C15H17NO3/c1-19-10-11-4-2-6-13(8-11)16-9-12-5-3-7-14(17)15(12)18/h2-8,16-18H,9-10H2,1H3. The number of anilines is 1. The van der Waals surface area contributed by atoms with Crippen molar-refractivity contribution in [1.82, 2.24) is 0 Å². The molecule has 0 saturated carbocycles. The first-order valence-corrected chi connectivity index (χ1v) is 6.02. The number of hydrogen-bond donors (Lipinski definition) is 3. The van der Waals surface area contributed by atoms with Crippen LogP contribution in [-0.2, 0) is 17.9 Å². The minimum absolute atomic E-state index is 0.0805. The number of para-hydroxylation sites is 1. The van der Waals surface area contributed by atoms with Gasteiger partial charge in [-0.25, -0.2) is 0 Å². The van der Waals surface area contributed by atoms with Gasteiger partial charge in [0, 0.05) is 24.9 Å². The number of ether oxygens (including phenoxy) is 1. The maximum atomic E-state index is 9.70. The second-order valence-electron chi connectivity index (χ2n) is 4.27. The van der Waals surface area contributed by atoms with E-state index in [1.54, 1.807) is 19.2 Å². The van der Waals surface area contributed by atoms with E-state index in [0.29, 0.717) is 18.7 Å². The number of benzene rings is 2. The highest BCUT2D eigenvalue weighted by Crippen LogP contribution is 2.28. The van der Waals surface area contributed by atoms with Gasteiger partial charge in [-0.05, 0) is 23.8 Å². The van der Waals surface area contributed by atoms with Crippen molar-refractivity contribution in [1.29, 1.82) is 0 Å². The monoisotopic (exact) mass is 259 g/mol. The minimum atomic E-state index is -0.104. The van der Waals surface area contributed by atoms with Crippen molar-refractivity contribution >= 4 is 5.69 Å². The molecule has 0 radical (unpaired) electrons. The number of aromatic hydroxyl groups is 2. The summed E-state index contributed by atoms with van der Waals surface area (Å²) in [5.74, 6) is -0.185. The zero-order valence-electron chi connectivity index (χ0n) is 10.8. The lowest BCUT2D eigenvalue weighted by atomic mass is 10.1. The van der Waals surface area contributed by atoms with E-state index in [1.807, 2.05) is 24.3 Å². The van der Waals surface area contributed by atoms with Crippen LogP contribution >= 0.6 is 0 Å². The first-order valence-electron chi connectivity index (χ1n) is 6.02. The van der Waals surface area contributed by atoms with E-state index in [-0.39, 0.29) is 11.5 Å². The molecule has 2 aromatic carbocycles. The van der Waals surface area contributed by atoms with E-state index in [1.165, 1.54) is 6.07 Å². The molecule has 0 spiro atoms. The first-order chi connectivity index (χ1) is 9.20. The average Bonchev–Trinajstić information content (AvgIpc) is 2.41. The third-order valence-corrected chi connectivity index (χ3v) is 2.82. The third kappa shape index (κ3) is 3.39. The Morgan fingerprint density at radius 1 is 1.11 bits per heavy atom. The summed E-state index contributed by atoms with van der Waals surface area (Å²) >= 11 is 0. The van der Waals surface area contributed by atoms with E-state index < -0.39 is 0 Å². The van der Waals surface area contributed by atoms with Crippen LogP contribution in [0.5, 0.6) is 11.5 Å². The topological polar surface area (TPSA) is 61.7 Å². The molecule has 4 heteroatoms. The van der Waals surface area contributed by atoms with Crippen molar-refractivity contribution in [3.63, 3.8) is 0 Å². The minimum Gasteiger partial charge on any atom is -0.504 e. The fraction of sp³-hybridized carbons (Fsp3) is 0.200. The Hall–Kier alpha value is -2.20. The normalized spacial score (nSPS) is 10.4. The average molecular weight is 259 g/mol. The van der Waals surface area contributed by atoms with E-state index >= 15 is 0 Å². The molecule has 19 heavy (non-hydrogen) atoms. The second-order valence-corrected chi connectivity index (χ2v) is 4.27.